The van der Waals surface area contributed by atoms with E-state index in [-0.39, 0.29) is 11.7 Å². The molecule has 102 valence electrons. The molecule has 0 unspecified atom stereocenters. The van der Waals surface area contributed by atoms with Crippen molar-refractivity contribution in [1.82, 2.24) is 4.90 Å². The molecular formula is C15H12BrFN2O. The maximum atomic E-state index is 13.4. The first kappa shape index (κ1) is 13.1. The average molecular weight is 335 g/mol. The second-order valence-electron chi connectivity index (χ2n) is 4.86. The van der Waals surface area contributed by atoms with Crippen molar-refractivity contribution in [2.24, 2.45) is 0 Å². The number of rotatable bonds is 2. The molecule has 0 spiro atoms. The molecule has 2 aromatic carbocycles. The van der Waals surface area contributed by atoms with E-state index in [9.17, 15) is 9.18 Å². The molecule has 1 aliphatic rings. The highest BCUT2D eigenvalue weighted by Crippen LogP contribution is 2.27. The average Bonchev–Trinajstić information content (AvgIpc) is 2.65. The fourth-order valence-electron chi connectivity index (χ4n) is 2.43. The van der Waals surface area contributed by atoms with Crippen LogP contribution in [0.4, 0.5) is 10.1 Å². The number of fused-ring (bicyclic) bond motifs is 1. The predicted molar refractivity (Wildman–Crippen MR) is 78.5 cm³/mol. The van der Waals surface area contributed by atoms with E-state index < -0.39 is 0 Å². The third-order valence-corrected chi connectivity index (χ3v) is 3.77. The van der Waals surface area contributed by atoms with Crippen LogP contribution in [0.3, 0.4) is 0 Å². The Labute approximate surface area is 124 Å². The monoisotopic (exact) mass is 334 g/mol. The molecule has 0 aromatic heterocycles. The summed E-state index contributed by atoms with van der Waals surface area (Å²) in [6.45, 7) is 0.909. The maximum Gasteiger partial charge on any atom is 0.254 e. The van der Waals surface area contributed by atoms with Gasteiger partial charge in [-0.3, -0.25) is 4.79 Å². The van der Waals surface area contributed by atoms with Gasteiger partial charge < -0.3 is 10.6 Å². The summed E-state index contributed by atoms with van der Waals surface area (Å²) >= 11 is 3.26. The third kappa shape index (κ3) is 2.41. The van der Waals surface area contributed by atoms with E-state index in [4.69, 9.17) is 5.73 Å². The largest absolute Gasteiger partial charge is 0.399 e. The lowest BCUT2D eigenvalue weighted by atomic mass is 10.1. The molecule has 1 heterocycles. The predicted octanol–water partition coefficient (Wildman–Crippen LogP) is 3.33. The van der Waals surface area contributed by atoms with Crippen molar-refractivity contribution >= 4 is 27.5 Å². The molecule has 1 aliphatic heterocycles. The summed E-state index contributed by atoms with van der Waals surface area (Å²) in [5.74, 6) is -0.379. The first-order valence-corrected chi connectivity index (χ1v) is 6.95. The van der Waals surface area contributed by atoms with E-state index in [1.54, 1.807) is 17.0 Å². The van der Waals surface area contributed by atoms with E-state index in [1.807, 2.05) is 12.1 Å². The second kappa shape index (κ2) is 4.90. The zero-order chi connectivity index (χ0) is 14.3. The van der Waals surface area contributed by atoms with Crippen molar-refractivity contribution in [2.45, 2.75) is 13.1 Å². The normalized spacial score (nSPS) is 13.7. The fourth-order valence-corrected chi connectivity index (χ4v) is 2.94. The molecule has 1 amide bonds. The van der Waals surface area contributed by atoms with Gasteiger partial charge in [0.15, 0.2) is 0 Å². The molecule has 5 heteroatoms. The molecule has 0 radical (unpaired) electrons. The quantitative estimate of drug-likeness (QED) is 0.856. The van der Waals surface area contributed by atoms with Crippen LogP contribution < -0.4 is 5.73 Å². The Balaban J connectivity index is 1.85. The summed E-state index contributed by atoms with van der Waals surface area (Å²) in [4.78, 5) is 14.0. The van der Waals surface area contributed by atoms with Gasteiger partial charge in [0.1, 0.15) is 5.82 Å². The van der Waals surface area contributed by atoms with Crippen LogP contribution in [-0.4, -0.2) is 10.8 Å². The van der Waals surface area contributed by atoms with Gasteiger partial charge >= 0.3 is 0 Å². The van der Waals surface area contributed by atoms with Crippen LogP contribution in [0.25, 0.3) is 0 Å². The van der Waals surface area contributed by atoms with Gasteiger partial charge in [0.25, 0.3) is 5.91 Å². The smallest absolute Gasteiger partial charge is 0.254 e. The Morgan fingerprint density at radius 2 is 2.05 bits per heavy atom. The number of nitrogens with two attached hydrogens (primary N) is 1. The first-order valence-electron chi connectivity index (χ1n) is 6.15. The van der Waals surface area contributed by atoms with E-state index in [1.165, 1.54) is 12.1 Å². The van der Waals surface area contributed by atoms with E-state index in [2.05, 4.69) is 15.9 Å². The number of amides is 1. The van der Waals surface area contributed by atoms with Crippen LogP contribution in [0.5, 0.6) is 0 Å². The van der Waals surface area contributed by atoms with Gasteiger partial charge in [0.2, 0.25) is 0 Å². The Morgan fingerprint density at radius 3 is 2.80 bits per heavy atom. The highest BCUT2D eigenvalue weighted by Gasteiger charge is 2.27. The molecule has 0 aliphatic carbocycles. The number of nitrogens with zero attached hydrogens (tertiary/aromatic N) is 1. The van der Waals surface area contributed by atoms with Gasteiger partial charge in [-0.15, -0.1) is 0 Å². The van der Waals surface area contributed by atoms with Crippen molar-refractivity contribution in [3.8, 4) is 0 Å². The third-order valence-electron chi connectivity index (χ3n) is 3.31. The molecule has 3 nitrogen and oxygen atoms in total. The van der Waals surface area contributed by atoms with Crippen molar-refractivity contribution in [3.05, 3.63) is 63.4 Å². The van der Waals surface area contributed by atoms with Crippen LogP contribution in [-0.2, 0) is 13.1 Å². The highest BCUT2D eigenvalue weighted by atomic mass is 79.9. The molecule has 0 fully saturated rings. The number of anilines is 1. The Hall–Kier alpha value is -1.88. The summed E-state index contributed by atoms with van der Waals surface area (Å²) in [5, 5.41) is 0. The standard InChI is InChI=1S/C15H12BrFN2O/c16-11-3-9(4-12(17)5-11)7-19-8-10-1-2-13(18)6-14(10)15(19)20/h1-6H,7-8,18H2. The number of hydrogen-bond acceptors (Lipinski definition) is 2. The van der Waals surface area contributed by atoms with Gasteiger partial charge in [-0.25, -0.2) is 4.39 Å². The van der Waals surface area contributed by atoms with E-state index >= 15 is 0 Å². The van der Waals surface area contributed by atoms with Gasteiger partial charge in [0.05, 0.1) is 0 Å². The van der Waals surface area contributed by atoms with Crippen molar-refractivity contribution in [3.63, 3.8) is 0 Å². The fraction of sp³-hybridized carbons (Fsp3) is 0.133. The molecule has 0 saturated heterocycles. The second-order valence-corrected chi connectivity index (χ2v) is 5.77. The van der Waals surface area contributed by atoms with Crippen LogP contribution in [0.1, 0.15) is 21.5 Å². The van der Waals surface area contributed by atoms with Gasteiger partial charge in [-0.05, 0) is 41.5 Å². The summed E-state index contributed by atoms with van der Waals surface area (Å²) in [6.07, 6.45) is 0. The number of benzene rings is 2. The topological polar surface area (TPSA) is 46.3 Å². The first-order chi connectivity index (χ1) is 9.52. The maximum absolute atomic E-state index is 13.4. The molecule has 3 rings (SSSR count). The molecule has 20 heavy (non-hydrogen) atoms. The summed E-state index contributed by atoms with van der Waals surface area (Å²) in [6, 6.07) is 9.99. The zero-order valence-electron chi connectivity index (χ0n) is 10.6. The lowest BCUT2D eigenvalue weighted by molar-refractivity contribution is 0.0766. The minimum absolute atomic E-state index is 0.0623. The highest BCUT2D eigenvalue weighted by molar-refractivity contribution is 9.10. The van der Waals surface area contributed by atoms with Crippen molar-refractivity contribution < 1.29 is 9.18 Å². The molecule has 2 N–H and O–H groups in total. The SMILES string of the molecule is Nc1ccc2c(c1)C(=O)N(Cc1cc(F)cc(Br)c1)C2. The number of halogens is 2. The number of nitrogen functional groups attached to an aromatic ring is 1. The Kier molecular flexibility index (Phi) is 3.22. The summed E-state index contributed by atoms with van der Waals surface area (Å²) in [5.41, 5.74) is 8.63. The van der Waals surface area contributed by atoms with Crippen LogP contribution in [0.2, 0.25) is 0 Å². The molecule has 0 saturated carbocycles. The van der Waals surface area contributed by atoms with Gasteiger partial charge in [-0.1, -0.05) is 22.0 Å². The van der Waals surface area contributed by atoms with Crippen molar-refractivity contribution in [2.75, 3.05) is 5.73 Å². The molecule has 0 bridgehead atoms. The lowest BCUT2D eigenvalue weighted by Crippen LogP contribution is -2.23. The lowest BCUT2D eigenvalue weighted by Gasteiger charge is -2.15. The van der Waals surface area contributed by atoms with Crippen molar-refractivity contribution in [1.29, 1.82) is 0 Å². The van der Waals surface area contributed by atoms with Gasteiger partial charge in [-0.2, -0.15) is 0 Å². The van der Waals surface area contributed by atoms with Gasteiger partial charge in [0, 0.05) is 28.8 Å². The Bertz CT molecular complexity index is 682. The van der Waals surface area contributed by atoms with Crippen LogP contribution in [0, 0.1) is 5.82 Å². The molecular weight excluding hydrogens is 323 g/mol. The van der Waals surface area contributed by atoms with Crippen LogP contribution in [0.15, 0.2) is 40.9 Å². The summed E-state index contributed by atoms with van der Waals surface area (Å²) in [7, 11) is 0. The number of hydrogen-bond donors (Lipinski definition) is 1. The van der Waals surface area contributed by atoms with E-state index in [0.29, 0.717) is 28.8 Å². The van der Waals surface area contributed by atoms with E-state index in [0.717, 1.165) is 11.1 Å². The number of carbonyl (C=O) groups is 1. The van der Waals surface area contributed by atoms with Crippen LogP contribution >= 0.6 is 15.9 Å². The minimum Gasteiger partial charge on any atom is -0.399 e. The molecule has 0 atom stereocenters. The summed E-state index contributed by atoms with van der Waals surface area (Å²) < 4.78 is 14.0. The minimum atomic E-state index is -0.317. The molecule has 2 aromatic rings. The zero-order valence-corrected chi connectivity index (χ0v) is 12.2. The Morgan fingerprint density at radius 1 is 1.25 bits per heavy atom. The number of carbonyl (C=O) groups excluding carboxylic acids is 1.